The predicted molar refractivity (Wildman–Crippen MR) is 84.9 cm³/mol. The van der Waals surface area contributed by atoms with Crippen LogP contribution in [0.1, 0.15) is 18.4 Å². The summed E-state index contributed by atoms with van der Waals surface area (Å²) >= 11 is 0. The maximum Gasteiger partial charge on any atom is 0.417 e. The third-order valence-electron chi connectivity index (χ3n) is 4.08. The molecule has 0 bridgehead atoms. The van der Waals surface area contributed by atoms with Crippen molar-refractivity contribution in [3.8, 4) is 11.1 Å². The summed E-state index contributed by atoms with van der Waals surface area (Å²) in [4.78, 5) is -0.287. The molecule has 3 nitrogen and oxygen atoms in total. The van der Waals surface area contributed by atoms with Gasteiger partial charge < -0.3 is 0 Å². The van der Waals surface area contributed by atoms with E-state index in [1.807, 2.05) is 0 Å². The maximum absolute atomic E-state index is 13.5. The smallest absolute Gasteiger partial charge is 0.207 e. The molecule has 7 heteroatoms. The molecule has 1 saturated heterocycles. The van der Waals surface area contributed by atoms with E-state index in [4.69, 9.17) is 0 Å². The Balaban J connectivity index is 2.27. The van der Waals surface area contributed by atoms with E-state index in [2.05, 4.69) is 0 Å². The number of sulfonamides is 1. The summed E-state index contributed by atoms with van der Waals surface area (Å²) in [6, 6.07) is 11.2. The number of hydrogen-bond acceptors (Lipinski definition) is 2. The van der Waals surface area contributed by atoms with E-state index in [9.17, 15) is 21.6 Å². The molecule has 2 aromatic carbocycles. The van der Waals surface area contributed by atoms with Crippen molar-refractivity contribution in [3.63, 3.8) is 0 Å². The van der Waals surface area contributed by atoms with Gasteiger partial charge in [-0.05, 0) is 30.5 Å². The number of nitrogens with zero attached hydrogens (tertiary/aromatic N) is 1. The molecule has 0 amide bonds. The highest BCUT2D eigenvalue weighted by Gasteiger charge is 2.38. The van der Waals surface area contributed by atoms with Gasteiger partial charge in [-0.15, -0.1) is 0 Å². The summed E-state index contributed by atoms with van der Waals surface area (Å²) in [6.45, 7) is 0.680. The van der Waals surface area contributed by atoms with Crippen LogP contribution < -0.4 is 0 Å². The quantitative estimate of drug-likeness (QED) is 0.829. The molecule has 0 aliphatic carbocycles. The first kappa shape index (κ1) is 17.0. The zero-order valence-electron chi connectivity index (χ0n) is 12.8. The lowest BCUT2D eigenvalue weighted by Crippen LogP contribution is -2.28. The Morgan fingerprint density at radius 1 is 0.875 bits per heavy atom. The van der Waals surface area contributed by atoms with Gasteiger partial charge in [0, 0.05) is 18.7 Å². The molecular formula is C17H16F3NO2S. The van der Waals surface area contributed by atoms with E-state index >= 15 is 0 Å². The van der Waals surface area contributed by atoms with Crippen LogP contribution in [0, 0.1) is 0 Å². The third-order valence-corrected chi connectivity index (χ3v) is 6.02. The van der Waals surface area contributed by atoms with Crippen LogP contribution in [0.15, 0.2) is 53.4 Å². The summed E-state index contributed by atoms with van der Waals surface area (Å²) in [5.41, 5.74) is -0.977. The maximum atomic E-state index is 13.5. The van der Waals surface area contributed by atoms with Gasteiger partial charge in [0.25, 0.3) is 0 Å². The molecule has 3 rings (SSSR count). The topological polar surface area (TPSA) is 37.4 Å². The normalized spacial score (nSPS) is 16.5. The highest BCUT2D eigenvalue weighted by Crippen LogP contribution is 2.41. The van der Waals surface area contributed by atoms with E-state index in [0.717, 1.165) is 25.0 Å². The first-order valence-electron chi connectivity index (χ1n) is 7.57. The molecule has 0 saturated carbocycles. The fourth-order valence-electron chi connectivity index (χ4n) is 2.95. The lowest BCUT2D eigenvalue weighted by Gasteiger charge is -2.21. The van der Waals surface area contributed by atoms with Gasteiger partial charge in [-0.25, -0.2) is 8.42 Å². The molecule has 128 valence electrons. The second-order valence-electron chi connectivity index (χ2n) is 5.65. The zero-order valence-corrected chi connectivity index (χ0v) is 13.6. The first-order chi connectivity index (χ1) is 11.3. The van der Waals surface area contributed by atoms with Crippen molar-refractivity contribution in [2.24, 2.45) is 0 Å². The van der Waals surface area contributed by atoms with Gasteiger partial charge in [0.1, 0.15) is 0 Å². The summed E-state index contributed by atoms with van der Waals surface area (Å²) in [7, 11) is -3.97. The van der Waals surface area contributed by atoms with Crippen LogP contribution in [0.3, 0.4) is 0 Å². The molecule has 1 aliphatic heterocycles. The van der Waals surface area contributed by atoms with Crippen molar-refractivity contribution in [2.45, 2.75) is 23.9 Å². The molecule has 0 aromatic heterocycles. The fourth-order valence-corrected chi connectivity index (χ4v) is 4.71. The molecule has 0 N–H and O–H groups in total. The van der Waals surface area contributed by atoms with Gasteiger partial charge in [-0.2, -0.15) is 17.5 Å². The lowest BCUT2D eigenvalue weighted by atomic mass is 9.99. The Hall–Kier alpha value is -1.86. The third kappa shape index (κ3) is 3.06. The number of alkyl halides is 3. The monoisotopic (exact) mass is 355 g/mol. The largest absolute Gasteiger partial charge is 0.417 e. The van der Waals surface area contributed by atoms with Gasteiger partial charge >= 0.3 is 6.18 Å². The number of rotatable bonds is 3. The Morgan fingerprint density at radius 3 is 2.08 bits per heavy atom. The lowest BCUT2D eigenvalue weighted by molar-refractivity contribution is -0.137. The van der Waals surface area contributed by atoms with Crippen LogP contribution in [0.2, 0.25) is 0 Å². The highest BCUT2D eigenvalue weighted by molar-refractivity contribution is 7.89. The highest BCUT2D eigenvalue weighted by atomic mass is 32.2. The van der Waals surface area contributed by atoms with Crippen molar-refractivity contribution >= 4 is 10.0 Å². The summed E-state index contributed by atoms with van der Waals surface area (Å²) in [5.74, 6) is 0. The van der Waals surface area contributed by atoms with Crippen molar-refractivity contribution < 1.29 is 21.6 Å². The molecule has 0 atom stereocenters. The van der Waals surface area contributed by atoms with Gasteiger partial charge in [-0.3, -0.25) is 0 Å². The minimum Gasteiger partial charge on any atom is -0.207 e. The molecule has 1 aliphatic rings. The van der Waals surface area contributed by atoms with Crippen LogP contribution in [0.5, 0.6) is 0 Å². The molecule has 2 aromatic rings. The molecule has 1 fully saturated rings. The molecule has 0 unspecified atom stereocenters. The first-order valence-corrected chi connectivity index (χ1v) is 9.01. The Kier molecular flexibility index (Phi) is 4.40. The van der Waals surface area contributed by atoms with Crippen LogP contribution >= 0.6 is 0 Å². The van der Waals surface area contributed by atoms with Crippen LogP contribution in [0.25, 0.3) is 11.1 Å². The van der Waals surface area contributed by atoms with Crippen LogP contribution in [-0.4, -0.2) is 25.8 Å². The summed E-state index contributed by atoms with van der Waals surface area (Å²) in [6.07, 6.45) is -3.20. The number of halogens is 3. The minimum atomic E-state index is -4.64. The standard InChI is InChI=1S/C17H16F3NO2S/c18-17(19,20)14-9-6-10-15(16(14)13-7-2-1-3-8-13)24(22,23)21-11-4-5-12-21/h1-3,6-10H,4-5,11-12H2. The Bertz CT molecular complexity index is 827. The van der Waals surface area contributed by atoms with Gasteiger partial charge in [0.05, 0.1) is 10.5 Å². The van der Waals surface area contributed by atoms with Crippen molar-refractivity contribution in [2.75, 3.05) is 13.1 Å². The fraction of sp³-hybridized carbons (Fsp3) is 0.294. The van der Waals surface area contributed by atoms with Crippen LogP contribution in [-0.2, 0) is 16.2 Å². The second-order valence-corrected chi connectivity index (χ2v) is 7.56. The molecule has 24 heavy (non-hydrogen) atoms. The van der Waals surface area contributed by atoms with Crippen molar-refractivity contribution in [3.05, 3.63) is 54.1 Å². The number of hydrogen-bond donors (Lipinski definition) is 0. The summed E-state index contributed by atoms with van der Waals surface area (Å²) < 4.78 is 67.4. The van der Waals surface area contributed by atoms with Crippen molar-refractivity contribution in [1.29, 1.82) is 0 Å². The average molecular weight is 355 g/mol. The van der Waals surface area contributed by atoms with Gasteiger partial charge in [0.15, 0.2) is 0 Å². The minimum absolute atomic E-state index is 0.239. The average Bonchev–Trinajstić information content (AvgIpc) is 3.09. The predicted octanol–water partition coefficient (Wildman–Crippen LogP) is 4.16. The Morgan fingerprint density at radius 2 is 1.50 bits per heavy atom. The van der Waals surface area contributed by atoms with Crippen molar-refractivity contribution in [1.82, 2.24) is 4.31 Å². The van der Waals surface area contributed by atoms with E-state index in [1.54, 1.807) is 18.2 Å². The van der Waals surface area contributed by atoms with E-state index in [-0.39, 0.29) is 16.0 Å². The zero-order chi connectivity index (χ0) is 17.4. The van der Waals surface area contributed by atoms with E-state index in [1.165, 1.54) is 22.5 Å². The van der Waals surface area contributed by atoms with Gasteiger partial charge in [0.2, 0.25) is 10.0 Å². The molecular weight excluding hydrogens is 339 g/mol. The van der Waals surface area contributed by atoms with Gasteiger partial charge in [-0.1, -0.05) is 36.4 Å². The molecule has 0 spiro atoms. The molecule has 0 radical (unpaired) electrons. The van der Waals surface area contributed by atoms with Crippen LogP contribution in [0.4, 0.5) is 13.2 Å². The second kappa shape index (κ2) is 6.22. The van der Waals surface area contributed by atoms with E-state index in [0.29, 0.717) is 13.1 Å². The Labute approximate surface area is 138 Å². The molecule has 1 heterocycles. The van der Waals surface area contributed by atoms with E-state index < -0.39 is 21.8 Å². The SMILES string of the molecule is O=S(=O)(c1cccc(C(F)(F)F)c1-c1ccccc1)N1CCCC1. The number of benzene rings is 2. The summed E-state index contributed by atoms with van der Waals surface area (Å²) in [5, 5.41) is 0.